The summed E-state index contributed by atoms with van der Waals surface area (Å²) in [4.78, 5) is 0. The number of hydrogen-bond acceptors (Lipinski definition) is 4. The number of β-amino-alcohol motifs (C(OH)–C–C–N with tert-alkyl or cyclic N) is 1. The first kappa shape index (κ1) is 16.7. The zero-order chi connectivity index (χ0) is 15.2. The van der Waals surface area contributed by atoms with Crippen LogP contribution in [0.25, 0.3) is 0 Å². The lowest BCUT2D eigenvalue weighted by Gasteiger charge is -2.25. The van der Waals surface area contributed by atoms with Gasteiger partial charge in [0.25, 0.3) is 0 Å². The molecule has 0 fully saturated rings. The lowest BCUT2D eigenvalue weighted by Crippen LogP contribution is -2.44. The number of benzene rings is 1. The summed E-state index contributed by atoms with van der Waals surface area (Å²) in [7, 11) is 0. The second-order valence-corrected chi connectivity index (χ2v) is 5.75. The number of rotatable bonds is 8. The molecule has 3 N–H and O–H groups in total. The van der Waals surface area contributed by atoms with Crippen LogP contribution in [-0.4, -0.2) is 35.5 Å². The van der Waals surface area contributed by atoms with Gasteiger partial charge in [-0.15, -0.1) is 0 Å². The molecule has 1 aromatic carbocycles. The summed E-state index contributed by atoms with van der Waals surface area (Å²) in [5.74, 6) is 0.757. The van der Waals surface area contributed by atoms with Crippen molar-refractivity contribution in [3.05, 3.63) is 42.0 Å². The van der Waals surface area contributed by atoms with Crippen LogP contribution in [0.1, 0.15) is 32.4 Å². The Labute approximate surface area is 121 Å². The number of aliphatic hydroxyl groups is 2. The smallest absolute Gasteiger partial charge is 0.119 e. The molecule has 0 saturated heterocycles. The summed E-state index contributed by atoms with van der Waals surface area (Å²) >= 11 is 0. The van der Waals surface area contributed by atoms with Crippen LogP contribution in [0, 0.1) is 0 Å². The number of aliphatic hydroxyl groups excluding tert-OH is 2. The highest BCUT2D eigenvalue weighted by atomic mass is 16.5. The zero-order valence-corrected chi connectivity index (χ0v) is 12.5. The Balaban J connectivity index is 2.53. The monoisotopic (exact) mass is 279 g/mol. The number of ether oxygens (including phenoxy) is 1. The minimum absolute atomic E-state index is 0.0212. The molecule has 0 bridgehead atoms. The van der Waals surface area contributed by atoms with Gasteiger partial charge in [0.15, 0.2) is 0 Å². The van der Waals surface area contributed by atoms with Crippen LogP contribution in [0.4, 0.5) is 0 Å². The molecular formula is C16H25NO3. The average molecular weight is 279 g/mol. The first-order chi connectivity index (χ1) is 9.34. The summed E-state index contributed by atoms with van der Waals surface area (Å²) in [6, 6.07) is 7.34. The summed E-state index contributed by atoms with van der Waals surface area (Å²) in [5.41, 5.74) is 1.38. The molecule has 1 aromatic rings. The van der Waals surface area contributed by atoms with Crippen molar-refractivity contribution in [2.24, 2.45) is 0 Å². The SMILES string of the molecule is C=C(C)COc1ccc(C(O)CNC(C)(C)CO)cc1. The quantitative estimate of drug-likeness (QED) is 0.637. The van der Waals surface area contributed by atoms with Crippen LogP contribution in [0.5, 0.6) is 5.75 Å². The molecule has 0 radical (unpaired) electrons. The fraction of sp³-hybridized carbons (Fsp3) is 0.500. The van der Waals surface area contributed by atoms with Gasteiger partial charge in [-0.1, -0.05) is 18.7 Å². The summed E-state index contributed by atoms with van der Waals surface area (Å²) in [6.45, 7) is 10.4. The summed E-state index contributed by atoms with van der Waals surface area (Å²) in [5, 5.41) is 22.4. The van der Waals surface area contributed by atoms with Crippen molar-refractivity contribution in [3.63, 3.8) is 0 Å². The zero-order valence-electron chi connectivity index (χ0n) is 12.5. The van der Waals surface area contributed by atoms with Gasteiger partial charge in [-0.2, -0.15) is 0 Å². The van der Waals surface area contributed by atoms with Crippen molar-refractivity contribution in [1.29, 1.82) is 0 Å². The van der Waals surface area contributed by atoms with E-state index in [0.717, 1.165) is 16.9 Å². The first-order valence-corrected chi connectivity index (χ1v) is 6.75. The van der Waals surface area contributed by atoms with Crippen LogP contribution in [0.2, 0.25) is 0 Å². The van der Waals surface area contributed by atoms with Gasteiger partial charge in [0.2, 0.25) is 0 Å². The normalized spacial score (nSPS) is 13.1. The maximum absolute atomic E-state index is 10.1. The Bertz CT molecular complexity index is 426. The van der Waals surface area contributed by atoms with Gasteiger partial charge in [0.1, 0.15) is 12.4 Å². The molecule has 0 spiro atoms. The molecule has 4 heteroatoms. The molecular weight excluding hydrogens is 254 g/mol. The molecule has 0 aliphatic heterocycles. The fourth-order valence-electron chi connectivity index (χ4n) is 1.54. The fourth-order valence-corrected chi connectivity index (χ4v) is 1.54. The van der Waals surface area contributed by atoms with Gasteiger partial charge >= 0.3 is 0 Å². The van der Waals surface area contributed by atoms with Gasteiger partial charge in [-0.3, -0.25) is 0 Å². The minimum Gasteiger partial charge on any atom is -0.489 e. The highest BCUT2D eigenvalue weighted by Gasteiger charge is 2.17. The van der Waals surface area contributed by atoms with E-state index in [1.54, 1.807) is 0 Å². The Morgan fingerprint density at radius 2 is 1.95 bits per heavy atom. The standard InChI is InChI=1S/C16H25NO3/c1-12(2)10-20-14-7-5-13(6-8-14)15(19)9-17-16(3,4)11-18/h5-8,15,17-19H,1,9-11H2,2-4H3. The van der Waals surface area contributed by atoms with Gasteiger partial charge < -0.3 is 20.3 Å². The van der Waals surface area contributed by atoms with Crippen molar-refractivity contribution >= 4 is 0 Å². The van der Waals surface area contributed by atoms with E-state index in [0.29, 0.717) is 13.2 Å². The third kappa shape index (κ3) is 5.74. The molecule has 112 valence electrons. The van der Waals surface area contributed by atoms with Gasteiger partial charge in [-0.05, 0) is 44.0 Å². The van der Waals surface area contributed by atoms with E-state index in [2.05, 4.69) is 11.9 Å². The van der Waals surface area contributed by atoms with Crippen molar-refractivity contribution in [1.82, 2.24) is 5.32 Å². The Hall–Kier alpha value is -1.36. The lowest BCUT2D eigenvalue weighted by molar-refractivity contribution is 0.136. The maximum atomic E-state index is 10.1. The van der Waals surface area contributed by atoms with E-state index in [-0.39, 0.29) is 6.61 Å². The van der Waals surface area contributed by atoms with Crippen molar-refractivity contribution in [2.75, 3.05) is 19.8 Å². The predicted molar refractivity (Wildman–Crippen MR) is 80.9 cm³/mol. The number of nitrogens with one attached hydrogen (secondary N) is 1. The molecule has 1 unspecified atom stereocenters. The van der Waals surface area contributed by atoms with E-state index in [4.69, 9.17) is 9.84 Å². The maximum Gasteiger partial charge on any atom is 0.119 e. The Morgan fingerprint density at radius 1 is 1.35 bits per heavy atom. The van der Waals surface area contributed by atoms with Gasteiger partial charge in [-0.25, -0.2) is 0 Å². The van der Waals surface area contributed by atoms with Crippen LogP contribution < -0.4 is 10.1 Å². The number of hydrogen-bond donors (Lipinski definition) is 3. The Kier molecular flexibility index (Phi) is 6.20. The molecule has 0 aliphatic carbocycles. The molecule has 20 heavy (non-hydrogen) atoms. The molecule has 0 heterocycles. The second-order valence-electron chi connectivity index (χ2n) is 5.75. The Morgan fingerprint density at radius 3 is 2.45 bits per heavy atom. The third-order valence-corrected chi connectivity index (χ3v) is 2.92. The van der Waals surface area contributed by atoms with Crippen molar-refractivity contribution in [2.45, 2.75) is 32.4 Å². The lowest BCUT2D eigenvalue weighted by atomic mass is 10.0. The van der Waals surface area contributed by atoms with E-state index in [9.17, 15) is 5.11 Å². The highest BCUT2D eigenvalue weighted by molar-refractivity contribution is 5.29. The molecule has 0 aromatic heterocycles. The van der Waals surface area contributed by atoms with Gasteiger partial charge in [0, 0.05) is 12.1 Å². The van der Waals surface area contributed by atoms with Crippen molar-refractivity contribution in [3.8, 4) is 5.75 Å². The molecule has 4 nitrogen and oxygen atoms in total. The molecule has 0 saturated carbocycles. The molecule has 0 amide bonds. The van der Waals surface area contributed by atoms with E-state index < -0.39 is 11.6 Å². The average Bonchev–Trinajstić information content (AvgIpc) is 2.43. The van der Waals surface area contributed by atoms with E-state index in [1.807, 2.05) is 45.0 Å². The van der Waals surface area contributed by atoms with Crippen LogP contribution >= 0.6 is 0 Å². The summed E-state index contributed by atoms with van der Waals surface area (Å²) in [6.07, 6.45) is -0.615. The molecule has 1 atom stereocenters. The topological polar surface area (TPSA) is 61.7 Å². The van der Waals surface area contributed by atoms with Crippen LogP contribution in [-0.2, 0) is 0 Å². The van der Waals surface area contributed by atoms with Gasteiger partial charge in [0.05, 0.1) is 12.7 Å². The van der Waals surface area contributed by atoms with E-state index >= 15 is 0 Å². The van der Waals surface area contributed by atoms with E-state index in [1.165, 1.54) is 0 Å². The highest BCUT2D eigenvalue weighted by Crippen LogP contribution is 2.18. The van der Waals surface area contributed by atoms with Crippen molar-refractivity contribution < 1.29 is 14.9 Å². The first-order valence-electron chi connectivity index (χ1n) is 6.75. The molecule has 1 rings (SSSR count). The summed E-state index contributed by atoms with van der Waals surface area (Å²) < 4.78 is 5.50. The third-order valence-electron chi connectivity index (χ3n) is 2.92. The van der Waals surface area contributed by atoms with Crippen LogP contribution in [0.15, 0.2) is 36.4 Å². The minimum atomic E-state index is -0.615. The predicted octanol–water partition coefficient (Wildman–Crippen LogP) is 2.04. The second kappa shape index (κ2) is 7.43. The molecule has 0 aliphatic rings. The largest absolute Gasteiger partial charge is 0.489 e. The van der Waals surface area contributed by atoms with Crippen LogP contribution in [0.3, 0.4) is 0 Å².